The number of aryl methyl sites for hydroxylation is 1. The maximum atomic E-state index is 14.6. The quantitative estimate of drug-likeness (QED) is 0.803. The number of benzene rings is 2. The van der Waals surface area contributed by atoms with Gasteiger partial charge in [0, 0.05) is 13.1 Å². The summed E-state index contributed by atoms with van der Waals surface area (Å²) in [6.07, 6.45) is 1.95. The molecule has 2 aromatic rings. The highest BCUT2D eigenvalue weighted by Crippen LogP contribution is 2.24. The van der Waals surface area contributed by atoms with Crippen LogP contribution in [0, 0.1) is 18.7 Å². The zero-order valence-corrected chi connectivity index (χ0v) is 16.8. The smallest absolute Gasteiger partial charge is 0.256 e. The molecule has 0 aliphatic carbocycles. The molecule has 0 atom stereocenters. The van der Waals surface area contributed by atoms with Gasteiger partial charge in [-0.15, -0.1) is 12.4 Å². The maximum absolute atomic E-state index is 14.6. The van der Waals surface area contributed by atoms with E-state index in [1.54, 1.807) is 11.0 Å². The lowest BCUT2D eigenvalue weighted by Gasteiger charge is -2.32. The van der Waals surface area contributed by atoms with Gasteiger partial charge in [-0.1, -0.05) is 42.8 Å². The summed E-state index contributed by atoms with van der Waals surface area (Å²) in [7, 11) is 0. The summed E-state index contributed by atoms with van der Waals surface area (Å²) in [5.41, 5.74) is 3.09. The van der Waals surface area contributed by atoms with Crippen molar-refractivity contribution in [3.63, 3.8) is 0 Å². The maximum Gasteiger partial charge on any atom is 0.256 e. The number of piperidine rings is 1. The Morgan fingerprint density at radius 3 is 2.33 bits per heavy atom. The Bertz CT molecular complexity index is 755. The van der Waals surface area contributed by atoms with Gasteiger partial charge in [-0.05, 0) is 62.0 Å². The van der Waals surface area contributed by atoms with Crippen LogP contribution < -0.4 is 5.32 Å². The van der Waals surface area contributed by atoms with Crippen LogP contribution >= 0.6 is 12.4 Å². The Hall–Kier alpha value is -1.91. The van der Waals surface area contributed by atoms with Crippen molar-refractivity contribution in [2.75, 3.05) is 26.2 Å². The van der Waals surface area contributed by atoms with Gasteiger partial charge in [0.1, 0.15) is 5.82 Å². The van der Waals surface area contributed by atoms with Gasteiger partial charge in [-0.3, -0.25) is 4.79 Å². The zero-order valence-electron chi connectivity index (χ0n) is 16.0. The number of likely N-dealkylation sites (tertiary alicyclic amines) is 1. The minimum Gasteiger partial charge on any atom is -0.339 e. The molecule has 0 bridgehead atoms. The molecule has 146 valence electrons. The van der Waals surface area contributed by atoms with Gasteiger partial charge in [0.15, 0.2) is 0 Å². The number of rotatable bonds is 5. The first-order chi connectivity index (χ1) is 12.6. The van der Waals surface area contributed by atoms with Crippen molar-refractivity contribution in [2.24, 2.45) is 5.92 Å². The van der Waals surface area contributed by atoms with Gasteiger partial charge in [0.25, 0.3) is 5.91 Å². The molecule has 1 amide bonds. The lowest BCUT2D eigenvalue weighted by molar-refractivity contribution is 0.0685. The average molecular weight is 391 g/mol. The van der Waals surface area contributed by atoms with Crippen LogP contribution in [0.3, 0.4) is 0 Å². The van der Waals surface area contributed by atoms with Crippen LogP contribution in [0.25, 0.3) is 11.1 Å². The van der Waals surface area contributed by atoms with Crippen LogP contribution in [0.5, 0.6) is 0 Å². The summed E-state index contributed by atoms with van der Waals surface area (Å²) in [5.74, 6) is -0.0320. The summed E-state index contributed by atoms with van der Waals surface area (Å²) in [5, 5.41) is 3.36. The Morgan fingerprint density at radius 1 is 1.11 bits per heavy atom. The number of nitrogens with one attached hydrogen (secondary N) is 1. The van der Waals surface area contributed by atoms with Gasteiger partial charge in [0.05, 0.1) is 5.56 Å². The Kier molecular flexibility index (Phi) is 7.81. The van der Waals surface area contributed by atoms with Crippen LogP contribution in [-0.4, -0.2) is 37.0 Å². The van der Waals surface area contributed by atoms with E-state index in [4.69, 9.17) is 0 Å². The second-order valence-electron chi connectivity index (χ2n) is 7.10. The molecule has 1 N–H and O–H groups in total. The fourth-order valence-electron chi connectivity index (χ4n) is 3.47. The third kappa shape index (κ3) is 5.30. The van der Waals surface area contributed by atoms with Gasteiger partial charge >= 0.3 is 0 Å². The van der Waals surface area contributed by atoms with Crippen molar-refractivity contribution >= 4 is 18.3 Å². The highest BCUT2D eigenvalue weighted by Gasteiger charge is 2.25. The molecule has 1 saturated heterocycles. The third-order valence-electron chi connectivity index (χ3n) is 5.17. The molecular formula is C22H28ClFN2O. The zero-order chi connectivity index (χ0) is 18.5. The minimum atomic E-state index is -0.442. The first-order valence-corrected chi connectivity index (χ1v) is 9.45. The van der Waals surface area contributed by atoms with Crippen LogP contribution in [0.15, 0.2) is 42.5 Å². The number of hydrogen-bond acceptors (Lipinski definition) is 2. The first kappa shape index (κ1) is 21.4. The monoisotopic (exact) mass is 390 g/mol. The van der Waals surface area contributed by atoms with Gasteiger partial charge < -0.3 is 10.2 Å². The standard InChI is InChI=1S/C22H27FN2O.ClH/c1-3-24-15-17-10-12-25(13-11-17)22(26)20-9-8-19(14-21(20)23)18-6-4-16(2)5-7-18;/h4-9,14,17,24H,3,10-13,15H2,1-2H3;1H. The Labute approximate surface area is 167 Å². The summed E-state index contributed by atoms with van der Waals surface area (Å²) in [6.45, 7) is 7.49. The van der Waals surface area contributed by atoms with Crippen molar-refractivity contribution < 1.29 is 9.18 Å². The molecule has 1 heterocycles. The number of halogens is 2. The summed E-state index contributed by atoms with van der Waals surface area (Å²) >= 11 is 0. The Morgan fingerprint density at radius 2 is 1.74 bits per heavy atom. The SMILES string of the molecule is CCNCC1CCN(C(=O)c2ccc(-c3ccc(C)cc3)cc2F)CC1.Cl. The predicted octanol–water partition coefficient (Wildman–Crippen LogP) is 4.68. The average Bonchev–Trinajstić information content (AvgIpc) is 2.67. The Balaban J connectivity index is 0.00000261. The lowest BCUT2D eigenvalue weighted by atomic mass is 9.96. The molecule has 3 rings (SSSR count). The van der Waals surface area contributed by atoms with Crippen molar-refractivity contribution in [1.29, 1.82) is 0 Å². The molecule has 3 nitrogen and oxygen atoms in total. The molecule has 0 spiro atoms. The molecule has 2 aromatic carbocycles. The van der Waals surface area contributed by atoms with E-state index >= 15 is 0 Å². The molecule has 1 aliphatic heterocycles. The topological polar surface area (TPSA) is 32.3 Å². The normalized spacial score (nSPS) is 14.7. The van der Waals surface area contributed by atoms with E-state index in [0.717, 1.165) is 37.1 Å². The largest absolute Gasteiger partial charge is 0.339 e. The molecule has 5 heteroatoms. The lowest BCUT2D eigenvalue weighted by Crippen LogP contribution is -2.41. The molecule has 27 heavy (non-hydrogen) atoms. The van der Waals surface area contributed by atoms with Crippen molar-refractivity contribution in [1.82, 2.24) is 10.2 Å². The molecular weight excluding hydrogens is 363 g/mol. The van der Waals surface area contributed by atoms with Crippen LogP contribution in [0.1, 0.15) is 35.7 Å². The highest BCUT2D eigenvalue weighted by molar-refractivity contribution is 5.95. The molecule has 0 unspecified atom stereocenters. The van der Waals surface area contributed by atoms with E-state index in [1.165, 1.54) is 11.6 Å². The van der Waals surface area contributed by atoms with E-state index in [-0.39, 0.29) is 23.9 Å². The second-order valence-corrected chi connectivity index (χ2v) is 7.10. The van der Waals surface area contributed by atoms with Gasteiger partial charge in [-0.25, -0.2) is 4.39 Å². The van der Waals surface area contributed by atoms with E-state index in [0.29, 0.717) is 19.0 Å². The van der Waals surface area contributed by atoms with Crippen LogP contribution in [-0.2, 0) is 0 Å². The molecule has 0 saturated carbocycles. The fraction of sp³-hybridized carbons (Fsp3) is 0.409. The van der Waals surface area contributed by atoms with E-state index in [2.05, 4.69) is 12.2 Å². The van der Waals surface area contributed by atoms with Crippen molar-refractivity contribution in [3.8, 4) is 11.1 Å². The first-order valence-electron chi connectivity index (χ1n) is 9.45. The summed E-state index contributed by atoms with van der Waals surface area (Å²) in [6, 6.07) is 12.9. The number of carbonyl (C=O) groups is 1. The fourth-order valence-corrected chi connectivity index (χ4v) is 3.47. The van der Waals surface area contributed by atoms with E-state index in [1.807, 2.05) is 37.3 Å². The molecule has 0 aromatic heterocycles. The molecule has 0 radical (unpaired) electrons. The van der Waals surface area contributed by atoms with E-state index in [9.17, 15) is 9.18 Å². The molecule has 1 aliphatic rings. The number of carbonyl (C=O) groups excluding carboxylic acids is 1. The van der Waals surface area contributed by atoms with Crippen LogP contribution in [0.4, 0.5) is 4.39 Å². The van der Waals surface area contributed by atoms with E-state index < -0.39 is 5.82 Å². The predicted molar refractivity (Wildman–Crippen MR) is 111 cm³/mol. The van der Waals surface area contributed by atoms with Gasteiger partial charge in [-0.2, -0.15) is 0 Å². The van der Waals surface area contributed by atoms with Crippen LogP contribution in [0.2, 0.25) is 0 Å². The third-order valence-corrected chi connectivity index (χ3v) is 5.17. The molecule has 1 fully saturated rings. The minimum absolute atomic E-state index is 0. The highest BCUT2D eigenvalue weighted by atomic mass is 35.5. The van der Waals surface area contributed by atoms with Crippen molar-refractivity contribution in [3.05, 3.63) is 59.4 Å². The number of hydrogen-bond donors (Lipinski definition) is 1. The summed E-state index contributed by atoms with van der Waals surface area (Å²) < 4.78 is 14.6. The van der Waals surface area contributed by atoms with Gasteiger partial charge in [0.2, 0.25) is 0 Å². The number of amides is 1. The number of nitrogens with zero attached hydrogens (tertiary/aromatic N) is 1. The van der Waals surface area contributed by atoms with Crippen molar-refractivity contribution in [2.45, 2.75) is 26.7 Å². The summed E-state index contributed by atoms with van der Waals surface area (Å²) in [4.78, 5) is 14.5. The second kappa shape index (κ2) is 9.86.